The molecule has 0 aliphatic carbocycles. The topological polar surface area (TPSA) is 78.4 Å². The van der Waals surface area contributed by atoms with Crippen molar-refractivity contribution in [1.82, 2.24) is 0 Å². The number of para-hydroxylation sites is 1. The van der Waals surface area contributed by atoms with Gasteiger partial charge in [-0.15, -0.1) is 0 Å². The van der Waals surface area contributed by atoms with Gasteiger partial charge in [0.2, 0.25) is 0 Å². The number of amides is 2. The summed E-state index contributed by atoms with van der Waals surface area (Å²) < 4.78 is 0. The van der Waals surface area contributed by atoms with E-state index < -0.39 is 11.4 Å². The first kappa shape index (κ1) is 18.1. The normalized spacial score (nSPS) is 10.3. The van der Waals surface area contributed by atoms with E-state index in [0.29, 0.717) is 11.4 Å². The van der Waals surface area contributed by atoms with Gasteiger partial charge in [0.15, 0.2) is 0 Å². The second kappa shape index (κ2) is 8.02. The van der Waals surface area contributed by atoms with E-state index in [1.165, 1.54) is 0 Å². The summed E-state index contributed by atoms with van der Waals surface area (Å²) in [5, 5.41) is 14.3. The summed E-state index contributed by atoms with van der Waals surface area (Å²) in [7, 11) is 0. The van der Waals surface area contributed by atoms with Gasteiger partial charge in [-0.1, -0.05) is 30.0 Å². The Kier molecular flexibility index (Phi) is 5.80. The Hall–Kier alpha value is -3.26. The number of nitrogens with one attached hydrogen (secondary N) is 2. The Morgan fingerprint density at radius 1 is 0.960 bits per heavy atom. The van der Waals surface area contributed by atoms with Crippen LogP contribution in [0.15, 0.2) is 54.6 Å². The fourth-order valence-corrected chi connectivity index (χ4v) is 2.12. The number of carbonyl (C=O) groups is 2. The van der Waals surface area contributed by atoms with Crippen molar-refractivity contribution in [3.05, 3.63) is 60.2 Å². The van der Waals surface area contributed by atoms with Crippen LogP contribution in [0.2, 0.25) is 0 Å². The highest BCUT2D eigenvalue weighted by Crippen LogP contribution is 2.19. The predicted octanol–water partition coefficient (Wildman–Crippen LogP) is 4.18. The predicted molar refractivity (Wildman–Crippen MR) is 98.4 cm³/mol. The first-order valence-electron chi connectivity index (χ1n) is 7.82. The number of aliphatic carboxylic acids is 1. The van der Waals surface area contributed by atoms with Gasteiger partial charge in [-0.05, 0) is 50.2 Å². The van der Waals surface area contributed by atoms with E-state index >= 15 is 0 Å². The van der Waals surface area contributed by atoms with Crippen LogP contribution in [0.25, 0.3) is 0 Å². The van der Waals surface area contributed by atoms with Gasteiger partial charge >= 0.3 is 12.0 Å². The second-order valence-corrected chi connectivity index (χ2v) is 6.23. The summed E-state index contributed by atoms with van der Waals surface area (Å²) in [4.78, 5) is 22.7. The number of carboxylic acids is 1. The fraction of sp³-hybridized carbons (Fsp3) is 0.200. The van der Waals surface area contributed by atoms with E-state index in [-0.39, 0.29) is 12.5 Å². The molecule has 5 nitrogen and oxygen atoms in total. The van der Waals surface area contributed by atoms with Crippen LogP contribution in [0, 0.1) is 17.3 Å². The van der Waals surface area contributed by atoms with Crippen LogP contribution in [0.3, 0.4) is 0 Å². The van der Waals surface area contributed by atoms with E-state index in [1.807, 2.05) is 18.2 Å². The highest BCUT2D eigenvalue weighted by molar-refractivity contribution is 5.99. The SMILES string of the molecule is CC(C)(C#Cc1ccc(NC(=O)Nc2ccccc2)cc1)CC(=O)O. The van der Waals surface area contributed by atoms with Gasteiger partial charge in [-0.25, -0.2) is 4.79 Å². The Balaban J connectivity index is 1.96. The molecular formula is C20H20N2O3. The summed E-state index contributed by atoms with van der Waals surface area (Å²) in [5.74, 6) is 5.07. The number of carboxylic acid groups (broad SMARTS) is 1. The molecule has 0 radical (unpaired) electrons. The third-order valence-electron chi connectivity index (χ3n) is 3.31. The van der Waals surface area contributed by atoms with Gasteiger partial charge in [0, 0.05) is 22.4 Å². The average molecular weight is 336 g/mol. The molecule has 2 amide bonds. The molecule has 0 aliphatic heterocycles. The standard InChI is InChI=1S/C20H20N2O3/c1-20(2,14-18(23)24)13-12-15-8-10-17(11-9-15)22-19(25)21-16-6-4-3-5-7-16/h3-11H,14H2,1-2H3,(H,23,24)(H2,21,22,25). The zero-order valence-corrected chi connectivity index (χ0v) is 14.2. The molecule has 0 unspecified atom stereocenters. The first-order valence-corrected chi connectivity index (χ1v) is 7.82. The van der Waals surface area contributed by atoms with E-state index in [2.05, 4.69) is 22.5 Å². The number of anilines is 2. The number of hydrogen-bond donors (Lipinski definition) is 3. The zero-order chi connectivity index (χ0) is 18.3. The summed E-state index contributed by atoms with van der Waals surface area (Å²) in [5.41, 5.74) is 1.51. The molecule has 0 spiro atoms. The lowest BCUT2D eigenvalue weighted by molar-refractivity contribution is -0.138. The van der Waals surface area contributed by atoms with Crippen LogP contribution in [0.5, 0.6) is 0 Å². The lowest BCUT2D eigenvalue weighted by Crippen LogP contribution is -2.19. The van der Waals surface area contributed by atoms with Crippen molar-refractivity contribution in [2.24, 2.45) is 5.41 Å². The molecule has 2 aromatic carbocycles. The maximum Gasteiger partial charge on any atom is 0.323 e. The minimum absolute atomic E-state index is 0.0146. The second-order valence-electron chi connectivity index (χ2n) is 6.23. The smallest absolute Gasteiger partial charge is 0.323 e. The summed E-state index contributed by atoms with van der Waals surface area (Å²) in [6, 6.07) is 15.9. The van der Waals surface area contributed by atoms with Gasteiger partial charge < -0.3 is 15.7 Å². The van der Waals surface area contributed by atoms with Gasteiger partial charge in [0.05, 0.1) is 6.42 Å². The van der Waals surface area contributed by atoms with Crippen molar-refractivity contribution < 1.29 is 14.7 Å². The molecule has 0 bridgehead atoms. The van der Waals surface area contributed by atoms with Crippen LogP contribution in [-0.2, 0) is 4.79 Å². The maximum absolute atomic E-state index is 11.9. The number of rotatable bonds is 4. The Morgan fingerprint density at radius 2 is 1.52 bits per heavy atom. The van der Waals surface area contributed by atoms with Crippen LogP contribution < -0.4 is 10.6 Å². The van der Waals surface area contributed by atoms with Crippen molar-refractivity contribution in [2.75, 3.05) is 10.6 Å². The molecule has 0 saturated carbocycles. The molecule has 0 heterocycles. The lowest BCUT2D eigenvalue weighted by Gasteiger charge is -2.13. The Labute approximate surface area is 147 Å². The average Bonchev–Trinajstić information content (AvgIpc) is 2.54. The first-order chi connectivity index (χ1) is 11.8. The zero-order valence-electron chi connectivity index (χ0n) is 14.2. The van der Waals surface area contributed by atoms with Crippen molar-refractivity contribution in [1.29, 1.82) is 0 Å². The minimum Gasteiger partial charge on any atom is -0.481 e. The van der Waals surface area contributed by atoms with E-state index in [9.17, 15) is 9.59 Å². The van der Waals surface area contributed by atoms with Crippen LogP contribution in [0.4, 0.5) is 16.2 Å². The van der Waals surface area contributed by atoms with E-state index in [0.717, 1.165) is 5.56 Å². The van der Waals surface area contributed by atoms with Crippen molar-refractivity contribution in [2.45, 2.75) is 20.3 Å². The van der Waals surface area contributed by atoms with Crippen LogP contribution in [0.1, 0.15) is 25.8 Å². The van der Waals surface area contributed by atoms with Crippen LogP contribution >= 0.6 is 0 Å². The van der Waals surface area contributed by atoms with Crippen molar-refractivity contribution in [3.63, 3.8) is 0 Å². The number of hydrogen-bond acceptors (Lipinski definition) is 2. The van der Waals surface area contributed by atoms with E-state index in [1.54, 1.807) is 50.2 Å². The maximum atomic E-state index is 11.9. The highest BCUT2D eigenvalue weighted by atomic mass is 16.4. The molecule has 0 aliphatic rings. The molecule has 3 N–H and O–H groups in total. The molecule has 25 heavy (non-hydrogen) atoms. The molecule has 0 saturated heterocycles. The highest BCUT2D eigenvalue weighted by Gasteiger charge is 2.18. The monoisotopic (exact) mass is 336 g/mol. The molecule has 0 atom stereocenters. The third-order valence-corrected chi connectivity index (χ3v) is 3.31. The Morgan fingerprint density at radius 3 is 2.08 bits per heavy atom. The molecule has 128 valence electrons. The van der Waals surface area contributed by atoms with Crippen LogP contribution in [-0.4, -0.2) is 17.1 Å². The molecule has 2 aromatic rings. The summed E-state index contributed by atoms with van der Waals surface area (Å²) in [6.07, 6.45) is -0.0146. The van der Waals surface area contributed by atoms with Crippen molar-refractivity contribution in [3.8, 4) is 11.8 Å². The summed E-state index contributed by atoms with van der Waals surface area (Å²) >= 11 is 0. The lowest BCUT2D eigenvalue weighted by atomic mass is 9.90. The van der Waals surface area contributed by atoms with Gasteiger partial charge in [-0.3, -0.25) is 4.79 Å². The fourth-order valence-electron chi connectivity index (χ4n) is 2.12. The quantitative estimate of drug-likeness (QED) is 0.733. The van der Waals surface area contributed by atoms with Gasteiger partial charge in [0.1, 0.15) is 0 Å². The number of urea groups is 1. The number of benzene rings is 2. The van der Waals surface area contributed by atoms with Crippen molar-refractivity contribution >= 4 is 23.4 Å². The van der Waals surface area contributed by atoms with Gasteiger partial charge in [0.25, 0.3) is 0 Å². The largest absolute Gasteiger partial charge is 0.481 e. The molecule has 5 heteroatoms. The summed E-state index contributed by atoms with van der Waals surface area (Å²) in [6.45, 7) is 3.58. The van der Waals surface area contributed by atoms with Gasteiger partial charge in [-0.2, -0.15) is 0 Å². The molecule has 0 fully saturated rings. The third kappa shape index (κ3) is 6.40. The minimum atomic E-state index is -0.872. The Bertz CT molecular complexity index is 800. The molecule has 2 rings (SSSR count). The molecule has 0 aromatic heterocycles. The number of carbonyl (C=O) groups excluding carboxylic acids is 1. The van der Waals surface area contributed by atoms with E-state index in [4.69, 9.17) is 5.11 Å². The molecular weight excluding hydrogens is 316 g/mol.